The molecule has 0 aliphatic carbocycles. The van der Waals surface area contributed by atoms with E-state index in [2.05, 4.69) is 60.8 Å². The molecule has 17 heavy (non-hydrogen) atoms. The van der Waals surface area contributed by atoms with Crippen LogP contribution in [0.1, 0.15) is 43.8 Å². The van der Waals surface area contributed by atoms with E-state index in [0.717, 1.165) is 16.6 Å². The van der Waals surface area contributed by atoms with Gasteiger partial charge in [-0.25, -0.2) is 9.97 Å². The van der Waals surface area contributed by atoms with Crippen molar-refractivity contribution in [1.29, 1.82) is 0 Å². The number of hydrogen-bond donors (Lipinski definition) is 0. The molecule has 1 aromatic carbocycles. The third kappa shape index (κ3) is 2.29. The van der Waals surface area contributed by atoms with E-state index in [1.165, 1.54) is 5.56 Å². The predicted molar refractivity (Wildman–Crippen MR) is 70.9 cm³/mol. The van der Waals surface area contributed by atoms with E-state index in [9.17, 15) is 0 Å². The fourth-order valence-electron chi connectivity index (χ4n) is 1.87. The van der Waals surface area contributed by atoms with Crippen molar-refractivity contribution in [3.05, 3.63) is 35.3 Å². The molecular formula is C15H16N2. The largest absolute Gasteiger partial charge is 0.225 e. The highest BCUT2D eigenvalue weighted by Crippen LogP contribution is 2.23. The average Bonchev–Trinajstić information content (AvgIpc) is 2.27. The molecule has 0 fully saturated rings. The van der Waals surface area contributed by atoms with E-state index in [1.807, 2.05) is 0 Å². The highest BCUT2D eigenvalue weighted by molar-refractivity contribution is 5.82. The molecule has 2 aromatic rings. The van der Waals surface area contributed by atoms with E-state index in [0.29, 0.717) is 11.7 Å². The predicted octanol–water partition coefficient (Wildman–Crippen LogP) is 3.43. The fraction of sp³-hybridized carbons (Fsp3) is 0.333. The number of rotatable bonds is 1. The minimum Gasteiger partial charge on any atom is -0.225 e. The zero-order valence-corrected chi connectivity index (χ0v) is 10.7. The van der Waals surface area contributed by atoms with Crippen LogP contribution in [-0.2, 0) is 0 Å². The Bertz CT molecular complexity index is 616. The van der Waals surface area contributed by atoms with Crippen LogP contribution in [0.25, 0.3) is 10.9 Å². The Morgan fingerprint density at radius 2 is 1.94 bits per heavy atom. The van der Waals surface area contributed by atoms with E-state index in [1.54, 1.807) is 6.92 Å². The molecule has 0 N–H and O–H groups in total. The number of aromatic nitrogens is 2. The van der Waals surface area contributed by atoms with Gasteiger partial charge in [0.15, 0.2) is 0 Å². The van der Waals surface area contributed by atoms with Gasteiger partial charge in [0, 0.05) is 5.39 Å². The van der Waals surface area contributed by atoms with Gasteiger partial charge in [-0.3, -0.25) is 0 Å². The van der Waals surface area contributed by atoms with Crippen LogP contribution in [0.3, 0.4) is 0 Å². The highest BCUT2D eigenvalue weighted by Gasteiger charge is 2.09. The van der Waals surface area contributed by atoms with Crippen molar-refractivity contribution in [3.63, 3.8) is 0 Å². The lowest BCUT2D eigenvalue weighted by Crippen LogP contribution is -2.00. The molecule has 1 heterocycles. The summed E-state index contributed by atoms with van der Waals surface area (Å²) in [5.74, 6) is 6.79. The molecule has 86 valence electrons. The van der Waals surface area contributed by atoms with Gasteiger partial charge in [0.25, 0.3) is 0 Å². The zero-order valence-electron chi connectivity index (χ0n) is 10.7. The first-order valence-corrected chi connectivity index (χ1v) is 5.83. The summed E-state index contributed by atoms with van der Waals surface area (Å²) in [6, 6.07) is 6.29. The molecule has 2 heteroatoms. The Morgan fingerprint density at radius 3 is 2.59 bits per heavy atom. The van der Waals surface area contributed by atoms with Crippen molar-refractivity contribution in [2.75, 3.05) is 0 Å². The fourth-order valence-corrected chi connectivity index (χ4v) is 1.87. The molecule has 0 bridgehead atoms. The van der Waals surface area contributed by atoms with Crippen molar-refractivity contribution in [1.82, 2.24) is 9.97 Å². The van der Waals surface area contributed by atoms with E-state index >= 15 is 0 Å². The SMILES string of the molecule is CC#Cc1nc(C(C)C)c2ccc(C)cc2n1. The maximum absolute atomic E-state index is 4.54. The number of hydrogen-bond acceptors (Lipinski definition) is 2. The van der Waals surface area contributed by atoms with E-state index in [-0.39, 0.29) is 0 Å². The summed E-state index contributed by atoms with van der Waals surface area (Å²) < 4.78 is 0. The highest BCUT2D eigenvalue weighted by atomic mass is 14.9. The van der Waals surface area contributed by atoms with Crippen molar-refractivity contribution in [3.8, 4) is 11.8 Å². The van der Waals surface area contributed by atoms with Crippen LogP contribution in [0.5, 0.6) is 0 Å². The maximum Gasteiger partial charge on any atom is 0.205 e. The second-order valence-electron chi connectivity index (χ2n) is 4.48. The molecule has 2 rings (SSSR count). The van der Waals surface area contributed by atoms with Gasteiger partial charge in [0.1, 0.15) is 0 Å². The van der Waals surface area contributed by atoms with Gasteiger partial charge in [0.05, 0.1) is 11.2 Å². The summed E-state index contributed by atoms with van der Waals surface area (Å²) in [5.41, 5.74) is 3.27. The summed E-state index contributed by atoms with van der Waals surface area (Å²) in [5, 5.41) is 1.13. The Labute approximate surface area is 102 Å². The van der Waals surface area contributed by atoms with Crippen LogP contribution >= 0.6 is 0 Å². The third-order valence-corrected chi connectivity index (χ3v) is 2.67. The van der Waals surface area contributed by atoms with Gasteiger partial charge in [-0.15, -0.1) is 0 Å². The molecule has 0 aliphatic heterocycles. The summed E-state index contributed by atoms with van der Waals surface area (Å²) in [7, 11) is 0. The zero-order chi connectivity index (χ0) is 12.4. The monoisotopic (exact) mass is 224 g/mol. The Balaban J connectivity index is 2.79. The molecule has 0 saturated heterocycles. The summed E-state index contributed by atoms with van der Waals surface area (Å²) >= 11 is 0. The van der Waals surface area contributed by atoms with Crippen molar-refractivity contribution in [2.24, 2.45) is 0 Å². The molecule has 0 radical (unpaired) electrons. The van der Waals surface area contributed by atoms with Crippen LogP contribution in [0.4, 0.5) is 0 Å². The minimum absolute atomic E-state index is 0.376. The first kappa shape index (κ1) is 11.6. The van der Waals surface area contributed by atoms with Crippen LogP contribution in [0.15, 0.2) is 18.2 Å². The number of nitrogens with zero attached hydrogens (tertiary/aromatic N) is 2. The lowest BCUT2D eigenvalue weighted by molar-refractivity contribution is 0.825. The molecule has 0 saturated carbocycles. The number of benzene rings is 1. The first-order chi connectivity index (χ1) is 8.11. The van der Waals surface area contributed by atoms with E-state index in [4.69, 9.17) is 0 Å². The molecule has 1 aromatic heterocycles. The topological polar surface area (TPSA) is 25.8 Å². The van der Waals surface area contributed by atoms with Crippen molar-refractivity contribution < 1.29 is 0 Å². The van der Waals surface area contributed by atoms with Crippen LogP contribution in [-0.4, -0.2) is 9.97 Å². The average molecular weight is 224 g/mol. The molecular weight excluding hydrogens is 208 g/mol. The van der Waals surface area contributed by atoms with Gasteiger partial charge in [-0.2, -0.15) is 0 Å². The van der Waals surface area contributed by atoms with Gasteiger partial charge in [-0.1, -0.05) is 31.9 Å². The first-order valence-electron chi connectivity index (χ1n) is 5.83. The quantitative estimate of drug-likeness (QED) is 0.693. The van der Waals surface area contributed by atoms with Crippen molar-refractivity contribution >= 4 is 10.9 Å². The molecule has 0 spiro atoms. The smallest absolute Gasteiger partial charge is 0.205 e. The van der Waals surface area contributed by atoms with Crippen LogP contribution in [0, 0.1) is 18.8 Å². The summed E-state index contributed by atoms with van der Waals surface area (Å²) in [6.07, 6.45) is 0. The Hall–Kier alpha value is -1.88. The summed E-state index contributed by atoms with van der Waals surface area (Å²) in [6.45, 7) is 8.16. The van der Waals surface area contributed by atoms with E-state index < -0.39 is 0 Å². The normalized spacial score (nSPS) is 10.4. The molecule has 0 aliphatic rings. The van der Waals surface area contributed by atoms with Crippen LogP contribution in [0.2, 0.25) is 0 Å². The van der Waals surface area contributed by atoms with Crippen LogP contribution < -0.4 is 0 Å². The lowest BCUT2D eigenvalue weighted by Gasteiger charge is -2.09. The van der Waals surface area contributed by atoms with Gasteiger partial charge in [-0.05, 0) is 37.3 Å². The minimum atomic E-state index is 0.376. The summed E-state index contributed by atoms with van der Waals surface area (Å²) in [4.78, 5) is 9.02. The Kier molecular flexibility index (Phi) is 3.10. The second-order valence-corrected chi connectivity index (χ2v) is 4.48. The molecule has 0 atom stereocenters. The number of aryl methyl sites for hydroxylation is 1. The van der Waals surface area contributed by atoms with Crippen molar-refractivity contribution in [2.45, 2.75) is 33.6 Å². The number of fused-ring (bicyclic) bond motifs is 1. The van der Waals surface area contributed by atoms with Gasteiger partial charge < -0.3 is 0 Å². The molecule has 0 unspecified atom stereocenters. The second kappa shape index (κ2) is 4.55. The molecule has 0 amide bonds. The van der Waals surface area contributed by atoms with Gasteiger partial charge in [0.2, 0.25) is 5.82 Å². The van der Waals surface area contributed by atoms with Gasteiger partial charge >= 0.3 is 0 Å². The Morgan fingerprint density at radius 1 is 1.18 bits per heavy atom. The lowest BCUT2D eigenvalue weighted by atomic mass is 10.0. The standard InChI is InChI=1S/C15H16N2/c1-5-6-14-16-13-9-11(4)7-8-12(13)15(17-14)10(2)3/h7-10H,1-4H3. The molecule has 2 nitrogen and oxygen atoms in total. The maximum atomic E-state index is 4.54. The third-order valence-electron chi connectivity index (χ3n) is 2.67.